The minimum atomic E-state index is -0.385. The second-order valence-electron chi connectivity index (χ2n) is 2.69. The smallest absolute Gasteiger partial charge is 0.350 e. The predicted molar refractivity (Wildman–Crippen MR) is 55.9 cm³/mol. The lowest BCUT2D eigenvalue weighted by Crippen LogP contribution is -1.98. The van der Waals surface area contributed by atoms with Gasteiger partial charge in [0.05, 0.1) is 5.69 Å². The van der Waals surface area contributed by atoms with Crippen molar-refractivity contribution in [3.8, 4) is 11.3 Å². The van der Waals surface area contributed by atoms with Crippen LogP contribution in [0.1, 0.15) is 0 Å². The van der Waals surface area contributed by atoms with Crippen molar-refractivity contribution in [2.24, 2.45) is 0 Å². The van der Waals surface area contributed by atoms with Crippen LogP contribution in [0, 0.1) is 0 Å². The van der Waals surface area contributed by atoms with Gasteiger partial charge < -0.3 is 4.42 Å². The van der Waals surface area contributed by atoms with Crippen LogP contribution < -0.4 is 5.63 Å². The Balaban J connectivity index is 2.54. The van der Waals surface area contributed by atoms with Gasteiger partial charge in [0.15, 0.2) is 0 Å². The Kier molecular flexibility index (Phi) is 2.45. The average molecular weight is 252 g/mol. The molecule has 14 heavy (non-hydrogen) atoms. The zero-order valence-electron chi connectivity index (χ0n) is 7.11. The standard InChI is InChI=1S/C10H6BrNO2/c11-8-5-7(6-14-10(8)13)9-3-1-2-4-12-9/h1-6H. The molecule has 0 aromatic carbocycles. The van der Waals surface area contributed by atoms with E-state index in [1.54, 1.807) is 12.3 Å². The van der Waals surface area contributed by atoms with Crippen molar-refractivity contribution in [3.63, 3.8) is 0 Å². The summed E-state index contributed by atoms with van der Waals surface area (Å²) in [7, 11) is 0. The van der Waals surface area contributed by atoms with Crippen LogP contribution in [0.15, 0.2) is 50.4 Å². The van der Waals surface area contributed by atoms with E-state index >= 15 is 0 Å². The van der Waals surface area contributed by atoms with E-state index in [1.807, 2.05) is 18.2 Å². The van der Waals surface area contributed by atoms with E-state index in [9.17, 15) is 4.79 Å². The molecule has 0 aliphatic carbocycles. The van der Waals surface area contributed by atoms with Gasteiger partial charge in [-0.15, -0.1) is 0 Å². The first-order chi connectivity index (χ1) is 6.77. The van der Waals surface area contributed by atoms with Gasteiger partial charge >= 0.3 is 5.63 Å². The largest absolute Gasteiger partial charge is 0.430 e. The van der Waals surface area contributed by atoms with E-state index in [4.69, 9.17) is 4.42 Å². The predicted octanol–water partition coefficient (Wildman–Crippen LogP) is 2.46. The van der Waals surface area contributed by atoms with Crippen molar-refractivity contribution in [2.75, 3.05) is 0 Å². The highest BCUT2D eigenvalue weighted by Gasteiger charge is 2.02. The molecule has 2 rings (SSSR count). The van der Waals surface area contributed by atoms with Gasteiger partial charge in [-0.2, -0.15) is 0 Å². The Labute approximate surface area is 88.5 Å². The fourth-order valence-electron chi connectivity index (χ4n) is 1.07. The molecule has 2 heterocycles. The normalized spacial score (nSPS) is 10.1. The highest BCUT2D eigenvalue weighted by atomic mass is 79.9. The lowest BCUT2D eigenvalue weighted by Gasteiger charge is -1.98. The molecule has 0 spiro atoms. The van der Waals surface area contributed by atoms with Gasteiger partial charge in [0.1, 0.15) is 10.7 Å². The molecule has 0 amide bonds. The summed E-state index contributed by atoms with van der Waals surface area (Å²) in [4.78, 5) is 15.1. The molecule has 0 saturated heterocycles. The summed E-state index contributed by atoms with van der Waals surface area (Å²) in [6.07, 6.45) is 3.09. The molecule has 0 radical (unpaired) electrons. The summed E-state index contributed by atoms with van der Waals surface area (Å²) in [5.74, 6) is 0. The van der Waals surface area contributed by atoms with E-state index in [1.165, 1.54) is 6.26 Å². The zero-order chi connectivity index (χ0) is 9.97. The molecule has 2 aromatic rings. The fourth-order valence-corrected chi connectivity index (χ4v) is 1.41. The molecule has 4 heteroatoms. The van der Waals surface area contributed by atoms with Crippen molar-refractivity contribution in [1.82, 2.24) is 4.98 Å². The van der Waals surface area contributed by atoms with Crippen molar-refractivity contribution < 1.29 is 4.42 Å². The lowest BCUT2D eigenvalue weighted by molar-refractivity contribution is 0.508. The maximum atomic E-state index is 11.0. The first kappa shape index (κ1) is 9.15. The summed E-state index contributed by atoms with van der Waals surface area (Å²) in [5.41, 5.74) is 1.17. The Morgan fingerprint density at radius 2 is 2.21 bits per heavy atom. The van der Waals surface area contributed by atoms with E-state index in [-0.39, 0.29) is 5.63 Å². The van der Waals surface area contributed by atoms with Crippen molar-refractivity contribution in [2.45, 2.75) is 0 Å². The third-order valence-corrected chi connectivity index (χ3v) is 2.28. The third kappa shape index (κ3) is 1.75. The van der Waals surface area contributed by atoms with Gasteiger partial charge in [-0.25, -0.2) is 4.79 Å². The monoisotopic (exact) mass is 251 g/mol. The van der Waals surface area contributed by atoms with Crippen LogP contribution in [-0.4, -0.2) is 4.98 Å². The van der Waals surface area contributed by atoms with E-state index in [0.717, 1.165) is 11.3 Å². The molecule has 0 N–H and O–H groups in total. The van der Waals surface area contributed by atoms with E-state index < -0.39 is 0 Å². The fraction of sp³-hybridized carbons (Fsp3) is 0. The molecule has 0 saturated carbocycles. The zero-order valence-corrected chi connectivity index (χ0v) is 8.69. The number of pyridine rings is 1. The molecule has 3 nitrogen and oxygen atoms in total. The maximum absolute atomic E-state index is 11.0. The number of nitrogens with zero attached hydrogens (tertiary/aromatic N) is 1. The molecule has 0 atom stereocenters. The molecule has 2 aromatic heterocycles. The van der Waals surface area contributed by atoms with Gasteiger partial charge in [-0.1, -0.05) is 6.07 Å². The van der Waals surface area contributed by atoms with Gasteiger partial charge in [0.2, 0.25) is 0 Å². The minimum Gasteiger partial charge on any atom is -0.430 e. The highest BCUT2D eigenvalue weighted by molar-refractivity contribution is 9.10. The quantitative estimate of drug-likeness (QED) is 0.782. The molecular weight excluding hydrogens is 246 g/mol. The maximum Gasteiger partial charge on any atom is 0.350 e. The third-order valence-electron chi connectivity index (χ3n) is 1.73. The lowest BCUT2D eigenvalue weighted by atomic mass is 10.2. The summed E-state index contributed by atoms with van der Waals surface area (Å²) < 4.78 is 5.20. The SMILES string of the molecule is O=c1occ(-c2ccccn2)cc1Br. The average Bonchev–Trinajstić information content (AvgIpc) is 2.23. The van der Waals surface area contributed by atoms with Crippen LogP contribution in [0.4, 0.5) is 0 Å². The van der Waals surface area contributed by atoms with Crippen LogP contribution in [-0.2, 0) is 0 Å². The summed E-state index contributed by atoms with van der Waals surface area (Å²) >= 11 is 3.11. The van der Waals surface area contributed by atoms with Gasteiger partial charge in [0, 0.05) is 11.8 Å². The molecule has 0 fully saturated rings. The van der Waals surface area contributed by atoms with Crippen LogP contribution in [0.25, 0.3) is 11.3 Å². The minimum absolute atomic E-state index is 0.385. The second kappa shape index (κ2) is 3.75. The van der Waals surface area contributed by atoms with Gasteiger partial charge in [-0.3, -0.25) is 4.98 Å². The first-order valence-corrected chi connectivity index (χ1v) is 4.76. The van der Waals surface area contributed by atoms with Crippen molar-refractivity contribution in [3.05, 3.63) is 51.6 Å². The molecule has 70 valence electrons. The van der Waals surface area contributed by atoms with Crippen LogP contribution in [0.3, 0.4) is 0 Å². The van der Waals surface area contributed by atoms with Crippen molar-refractivity contribution in [1.29, 1.82) is 0 Å². The first-order valence-electron chi connectivity index (χ1n) is 3.97. The molecular formula is C10H6BrNO2. The number of hydrogen-bond acceptors (Lipinski definition) is 3. The Morgan fingerprint density at radius 1 is 1.36 bits per heavy atom. The Morgan fingerprint density at radius 3 is 2.86 bits per heavy atom. The van der Waals surface area contributed by atoms with Crippen LogP contribution in [0.5, 0.6) is 0 Å². The van der Waals surface area contributed by atoms with Gasteiger partial charge in [-0.05, 0) is 34.1 Å². The molecule has 0 bridgehead atoms. The van der Waals surface area contributed by atoms with Crippen molar-refractivity contribution >= 4 is 15.9 Å². The number of rotatable bonds is 1. The summed E-state index contributed by atoms with van der Waals surface area (Å²) in [6, 6.07) is 7.24. The van der Waals surface area contributed by atoms with Crippen LogP contribution >= 0.6 is 15.9 Å². The Hall–Kier alpha value is -1.42. The molecule has 0 aliphatic rings. The second-order valence-corrected chi connectivity index (χ2v) is 3.54. The Bertz CT molecular complexity index is 493. The van der Waals surface area contributed by atoms with Gasteiger partial charge in [0.25, 0.3) is 0 Å². The number of aromatic nitrogens is 1. The van der Waals surface area contributed by atoms with E-state index in [2.05, 4.69) is 20.9 Å². The highest BCUT2D eigenvalue weighted by Crippen LogP contribution is 2.17. The molecule has 0 unspecified atom stereocenters. The number of hydrogen-bond donors (Lipinski definition) is 0. The topological polar surface area (TPSA) is 43.1 Å². The number of halogens is 1. The molecule has 0 aliphatic heterocycles. The van der Waals surface area contributed by atoms with E-state index in [0.29, 0.717) is 4.47 Å². The summed E-state index contributed by atoms with van der Waals surface area (Å²) in [6.45, 7) is 0. The van der Waals surface area contributed by atoms with Crippen LogP contribution in [0.2, 0.25) is 0 Å². The summed E-state index contributed by atoms with van der Waals surface area (Å²) in [5, 5.41) is 0.